The third-order valence-electron chi connectivity index (χ3n) is 4.54. The molecule has 25 heavy (non-hydrogen) atoms. The van der Waals surface area contributed by atoms with Gasteiger partial charge in [0.25, 0.3) is 0 Å². The van der Waals surface area contributed by atoms with Crippen LogP contribution in [0.1, 0.15) is 22.7 Å². The van der Waals surface area contributed by atoms with Gasteiger partial charge in [-0.3, -0.25) is 14.7 Å². The smallest absolute Gasteiger partial charge is 0.244 e. The molecule has 1 atom stereocenters. The summed E-state index contributed by atoms with van der Waals surface area (Å²) in [6, 6.07) is 11.4. The summed E-state index contributed by atoms with van der Waals surface area (Å²) in [4.78, 5) is 20.9. The summed E-state index contributed by atoms with van der Waals surface area (Å²) >= 11 is 0. The van der Waals surface area contributed by atoms with Gasteiger partial charge >= 0.3 is 0 Å². The van der Waals surface area contributed by atoms with E-state index in [-0.39, 0.29) is 18.3 Å². The van der Waals surface area contributed by atoms with Gasteiger partial charge < -0.3 is 10.6 Å². The highest BCUT2D eigenvalue weighted by molar-refractivity contribution is 5.85. The average Bonchev–Trinajstić information content (AvgIpc) is 2.63. The maximum atomic E-state index is 12.6. The van der Waals surface area contributed by atoms with Gasteiger partial charge in [-0.2, -0.15) is 0 Å². The lowest BCUT2D eigenvalue weighted by atomic mass is 10.0. The van der Waals surface area contributed by atoms with Gasteiger partial charge in [-0.05, 0) is 30.2 Å². The monoisotopic (exact) mass is 360 g/mol. The van der Waals surface area contributed by atoms with E-state index in [0.717, 1.165) is 38.3 Å². The molecule has 3 rings (SSSR count). The minimum absolute atomic E-state index is 0. The minimum atomic E-state index is -0.572. The number of aromatic nitrogens is 1. The van der Waals surface area contributed by atoms with Crippen molar-refractivity contribution in [1.82, 2.24) is 14.8 Å². The standard InChI is InChI=1S/C19H24N4O.ClH/c1-15-2-4-17(5-3-15)18(20)19(24)23-12-10-22(11-13-23)14-16-6-8-21-9-7-16;/h2-9,18H,10-14,20H2,1H3;1H. The molecule has 0 radical (unpaired) electrons. The van der Waals surface area contributed by atoms with Crippen LogP contribution in [0.5, 0.6) is 0 Å². The molecule has 5 nitrogen and oxygen atoms in total. The van der Waals surface area contributed by atoms with Crippen molar-refractivity contribution >= 4 is 18.3 Å². The SMILES string of the molecule is Cc1ccc(C(N)C(=O)N2CCN(Cc3ccncc3)CC2)cc1.Cl. The number of aryl methyl sites for hydroxylation is 1. The number of halogens is 1. The highest BCUT2D eigenvalue weighted by Crippen LogP contribution is 2.16. The van der Waals surface area contributed by atoms with Crippen LogP contribution >= 0.6 is 12.4 Å². The Morgan fingerprint density at radius 1 is 1.08 bits per heavy atom. The number of nitrogens with zero attached hydrogens (tertiary/aromatic N) is 3. The predicted octanol–water partition coefficient (Wildman–Crippen LogP) is 2.16. The van der Waals surface area contributed by atoms with Crippen LogP contribution < -0.4 is 5.73 Å². The van der Waals surface area contributed by atoms with Gasteiger partial charge in [-0.25, -0.2) is 0 Å². The molecule has 1 saturated heterocycles. The zero-order chi connectivity index (χ0) is 16.9. The van der Waals surface area contributed by atoms with Crippen molar-refractivity contribution in [2.45, 2.75) is 19.5 Å². The van der Waals surface area contributed by atoms with Crippen LogP contribution in [0.3, 0.4) is 0 Å². The average molecular weight is 361 g/mol. The first kappa shape index (κ1) is 19.4. The second-order valence-corrected chi connectivity index (χ2v) is 6.35. The van der Waals surface area contributed by atoms with E-state index < -0.39 is 6.04 Å². The highest BCUT2D eigenvalue weighted by atomic mass is 35.5. The number of hydrogen-bond acceptors (Lipinski definition) is 4. The second-order valence-electron chi connectivity index (χ2n) is 6.35. The van der Waals surface area contributed by atoms with Crippen LogP contribution in [0.4, 0.5) is 0 Å². The molecule has 1 aliphatic rings. The van der Waals surface area contributed by atoms with Crippen molar-refractivity contribution in [1.29, 1.82) is 0 Å². The van der Waals surface area contributed by atoms with Crippen LogP contribution in [0, 0.1) is 6.92 Å². The van der Waals surface area contributed by atoms with Crippen molar-refractivity contribution < 1.29 is 4.79 Å². The Labute approximate surface area is 155 Å². The van der Waals surface area contributed by atoms with Crippen molar-refractivity contribution in [3.05, 3.63) is 65.5 Å². The van der Waals surface area contributed by atoms with E-state index in [4.69, 9.17) is 5.73 Å². The first-order chi connectivity index (χ1) is 11.6. The highest BCUT2D eigenvalue weighted by Gasteiger charge is 2.26. The molecule has 1 fully saturated rings. The molecule has 1 aromatic heterocycles. The quantitative estimate of drug-likeness (QED) is 0.907. The van der Waals surface area contributed by atoms with Crippen LogP contribution in [0.15, 0.2) is 48.8 Å². The Morgan fingerprint density at radius 2 is 1.68 bits per heavy atom. The van der Waals surface area contributed by atoms with Crippen molar-refractivity contribution in [2.24, 2.45) is 5.73 Å². The van der Waals surface area contributed by atoms with E-state index in [1.165, 1.54) is 11.1 Å². The topological polar surface area (TPSA) is 62.5 Å². The third-order valence-corrected chi connectivity index (χ3v) is 4.54. The summed E-state index contributed by atoms with van der Waals surface area (Å²) in [6.45, 7) is 6.12. The van der Waals surface area contributed by atoms with Crippen LogP contribution in [-0.2, 0) is 11.3 Å². The summed E-state index contributed by atoms with van der Waals surface area (Å²) in [7, 11) is 0. The van der Waals surface area contributed by atoms with E-state index in [0.29, 0.717) is 0 Å². The number of amides is 1. The molecule has 134 valence electrons. The van der Waals surface area contributed by atoms with Gasteiger partial charge in [0.15, 0.2) is 0 Å². The molecule has 1 unspecified atom stereocenters. The van der Waals surface area contributed by atoms with Gasteiger partial charge in [-0.15, -0.1) is 12.4 Å². The lowest BCUT2D eigenvalue weighted by Crippen LogP contribution is -2.50. The van der Waals surface area contributed by atoms with E-state index in [2.05, 4.69) is 9.88 Å². The summed E-state index contributed by atoms with van der Waals surface area (Å²) in [5.41, 5.74) is 9.47. The Morgan fingerprint density at radius 3 is 2.28 bits per heavy atom. The number of piperazine rings is 1. The number of nitrogens with two attached hydrogens (primary N) is 1. The molecular weight excluding hydrogens is 336 g/mol. The van der Waals surface area contributed by atoms with E-state index in [1.807, 2.05) is 60.6 Å². The van der Waals surface area contributed by atoms with E-state index in [1.54, 1.807) is 0 Å². The maximum absolute atomic E-state index is 12.6. The number of rotatable bonds is 4. The van der Waals surface area contributed by atoms with Crippen molar-refractivity contribution in [2.75, 3.05) is 26.2 Å². The Balaban J connectivity index is 0.00000225. The van der Waals surface area contributed by atoms with Gasteiger partial charge in [0.1, 0.15) is 6.04 Å². The maximum Gasteiger partial charge on any atom is 0.244 e. The van der Waals surface area contributed by atoms with Crippen LogP contribution in [0.25, 0.3) is 0 Å². The van der Waals surface area contributed by atoms with E-state index >= 15 is 0 Å². The Hall–Kier alpha value is -1.95. The van der Waals surface area contributed by atoms with Crippen molar-refractivity contribution in [3.8, 4) is 0 Å². The van der Waals surface area contributed by atoms with Crippen LogP contribution in [-0.4, -0.2) is 46.9 Å². The van der Waals surface area contributed by atoms with Crippen molar-refractivity contribution in [3.63, 3.8) is 0 Å². The molecule has 0 bridgehead atoms. The zero-order valence-corrected chi connectivity index (χ0v) is 15.3. The molecule has 1 amide bonds. The summed E-state index contributed by atoms with van der Waals surface area (Å²) in [5.74, 6) is 0.0161. The fourth-order valence-electron chi connectivity index (χ4n) is 2.99. The van der Waals surface area contributed by atoms with Gasteiger partial charge in [0, 0.05) is 45.1 Å². The molecule has 2 aromatic rings. The Kier molecular flexibility index (Phi) is 6.93. The molecule has 1 aromatic carbocycles. The molecule has 0 aliphatic carbocycles. The normalized spacial score (nSPS) is 16.2. The molecule has 2 heterocycles. The molecule has 2 N–H and O–H groups in total. The lowest BCUT2D eigenvalue weighted by molar-refractivity contribution is -0.134. The predicted molar refractivity (Wildman–Crippen MR) is 101 cm³/mol. The minimum Gasteiger partial charge on any atom is -0.338 e. The largest absolute Gasteiger partial charge is 0.338 e. The van der Waals surface area contributed by atoms with Gasteiger partial charge in [0.2, 0.25) is 5.91 Å². The number of carbonyl (C=O) groups is 1. The summed E-state index contributed by atoms with van der Waals surface area (Å²) in [6.07, 6.45) is 3.63. The second kappa shape index (κ2) is 8.94. The summed E-state index contributed by atoms with van der Waals surface area (Å²) in [5, 5.41) is 0. The van der Waals surface area contributed by atoms with Gasteiger partial charge in [0.05, 0.1) is 0 Å². The lowest BCUT2D eigenvalue weighted by Gasteiger charge is -2.36. The fraction of sp³-hybridized carbons (Fsp3) is 0.368. The number of benzene rings is 1. The molecule has 6 heteroatoms. The van der Waals surface area contributed by atoms with Gasteiger partial charge in [-0.1, -0.05) is 29.8 Å². The molecule has 0 spiro atoms. The van der Waals surface area contributed by atoms with E-state index in [9.17, 15) is 4.79 Å². The third kappa shape index (κ3) is 5.01. The fourth-order valence-corrected chi connectivity index (χ4v) is 2.99. The zero-order valence-electron chi connectivity index (χ0n) is 14.5. The first-order valence-electron chi connectivity index (χ1n) is 8.35. The first-order valence-corrected chi connectivity index (χ1v) is 8.35. The molecule has 0 saturated carbocycles. The van der Waals surface area contributed by atoms with Crippen LogP contribution in [0.2, 0.25) is 0 Å². The summed E-state index contributed by atoms with van der Waals surface area (Å²) < 4.78 is 0. The Bertz CT molecular complexity index is 670. The molecule has 1 aliphatic heterocycles. The number of carbonyl (C=O) groups excluding carboxylic acids is 1. The molecular formula is C19H25ClN4O. The number of hydrogen-bond donors (Lipinski definition) is 1. The number of pyridine rings is 1.